The van der Waals surface area contributed by atoms with Crippen LogP contribution in [0.15, 0.2) is 22.6 Å². The van der Waals surface area contributed by atoms with Crippen LogP contribution in [0.25, 0.3) is 11.0 Å². The van der Waals surface area contributed by atoms with E-state index in [9.17, 15) is 4.79 Å². The molecule has 1 aromatic heterocycles. The van der Waals surface area contributed by atoms with E-state index in [1.54, 1.807) is 26.2 Å². The van der Waals surface area contributed by atoms with Crippen molar-refractivity contribution in [3.05, 3.63) is 29.5 Å². The molecule has 1 heterocycles. The van der Waals surface area contributed by atoms with Gasteiger partial charge in [-0.05, 0) is 19.1 Å². The van der Waals surface area contributed by atoms with Crippen molar-refractivity contribution in [1.82, 2.24) is 0 Å². The third-order valence-electron chi connectivity index (χ3n) is 2.36. The van der Waals surface area contributed by atoms with E-state index in [4.69, 9.17) is 14.9 Å². The number of amides is 1. The highest BCUT2D eigenvalue weighted by Gasteiger charge is 2.17. The van der Waals surface area contributed by atoms with Crippen LogP contribution in [0.4, 0.5) is 0 Å². The number of fused-ring (bicyclic) bond motifs is 1. The average Bonchev–Trinajstić information content (AvgIpc) is 2.56. The van der Waals surface area contributed by atoms with E-state index in [0.29, 0.717) is 11.3 Å². The molecular weight excluding hydrogens is 194 g/mol. The van der Waals surface area contributed by atoms with Crippen molar-refractivity contribution >= 4 is 16.9 Å². The molecule has 1 amide bonds. The lowest BCUT2D eigenvalue weighted by Gasteiger charge is -2.00. The van der Waals surface area contributed by atoms with Crippen LogP contribution < -0.4 is 10.5 Å². The van der Waals surface area contributed by atoms with Crippen molar-refractivity contribution in [3.63, 3.8) is 0 Å². The lowest BCUT2D eigenvalue weighted by Crippen LogP contribution is -2.10. The summed E-state index contributed by atoms with van der Waals surface area (Å²) in [7, 11) is 1.57. The molecule has 0 fully saturated rings. The van der Waals surface area contributed by atoms with Crippen LogP contribution in [0, 0.1) is 6.92 Å². The molecule has 1 aromatic carbocycles. The summed E-state index contributed by atoms with van der Waals surface area (Å²) in [6.07, 6.45) is 0. The first-order chi connectivity index (χ1) is 7.15. The number of rotatable bonds is 2. The largest absolute Gasteiger partial charge is 0.496 e. The molecule has 0 spiro atoms. The number of methoxy groups -OCH3 is 1. The van der Waals surface area contributed by atoms with Gasteiger partial charge >= 0.3 is 0 Å². The van der Waals surface area contributed by atoms with Gasteiger partial charge in [-0.25, -0.2) is 0 Å². The summed E-state index contributed by atoms with van der Waals surface area (Å²) < 4.78 is 10.5. The van der Waals surface area contributed by atoms with Gasteiger partial charge in [0, 0.05) is 5.56 Å². The Balaban J connectivity index is 2.82. The number of ether oxygens (including phenoxy) is 1. The third-order valence-corrected chi connectivity index (χ3v) is 2.36. The summed E-state index contributed by atoms with van der Waals surface area (Å²) in [6, 6.07) is 5.39. The van der Waals surface area contributed by atoms with Gasteiger partial charge in [0.05, 0.1) is 12.5 Å². The van der Waals surface area contributed by atoms with E-state index in [-0.39, 0.29) is 5.76 Å². The molecule has 0 bridgehead atoms. The Morgan fingerprint density at radius 2 is 2.20 bits per heavy atom. The highest BCUT2D eigenvalue weighted by molar-refractivity contribution is 5.99. The molecule has 0 aliphatic rings. The smallest absolute Gasteiger partial charge is 0.284 e. The SMILES string of the molecule is COc1cccc2oc(C(N)=O)c(C)c12. The van der Waals surface area contributed by atoms with E-state index < -0.39 is 5.91 Å². The van der Waals surface area contributed by atoms with Crippen molar-refractivity contribution in [2.24, 2.45) is 5.73 Å². The maximum absolute atomic E-state index is 11.1. The Bertz CT molecular complexity index is 528. The van der Waals surface area contributed by atoms with Crippen LogP contribution in [0.2, 0.25) is 0 Å². The Labute approximate surface area is 86.6 Å². The lowest BCUT2D eigenvalue weighted by molar-refractivity contribution is 0.0975. The molecule has 2 aromatic rings. The molecule has 0 aliphatic carbocycles. The van der Waals surface area contributed by atoms with Crippen LogP contribution in [0.5, 0.6) is 5.75 Å². The Morgan fingerprint density at radius 3 is 2.80 bits per heavy atom. The zero-order valence-electron chi connectivity index (χ0n) is 8.53. The van der Waals surface area contributed by atoms with E-state index in [2.05, 4.69) is 0 Å². The fourth-order valence-corrected chi connectivity index (χ4v) is 1.67. The predicted molar refractivity (Wildman–Crippen MR) is 56.0 cm³/mol. The second kappa shape index (κ2) is 3.31. The Hall–Kier alpha value is -1.97. The minimum Gasteiger partial charge on any atom is -0.496 e. The molecule has 78 valence electrons. The van der Waals surface area contributed by atoms with Gasteiger partial charge in [0.25, 0.3) is 5.91 Å². The Kier molecular flexibility index (Phi) is 2.11. The van der Waals surface area contributed by atoms with E-state index in [1.807, 2.05) is 6.07 Å². The first kappa shape index (κ1) is 9.58. The molecule has 0 saturated heterocycles. The summed E-state index contributed by atoms with van der Waals surface area (Å²) >= 11 is 0. The minimum atomic E-state index is -0.564. The van der Waals surface area contributed by atoms with Gasteiger partial charge < -0.3 is 14.9 Å². The number of carbonyl (C=O) groups excluding carboxylic acids is 1. The van der Waals surface area contributed by atoms with Gasteiger partial charge in [-0.3, -0.25) is 4.79 Å². The molecule has 0 radical (unpaired) electrons. The summed E-state index contributed by atoms with van der Waals surface area (Å²) in [4.78, 5) is 11.1. The monoisotopic (exact) mass is 205 g/mol. The fraction of sp³-hybridized carbons (Fsp3) is 0.182. The van der Waals surface area contributed by atoms with Gasteiger partial charge in [-0.1, -0.05) is 6.07 Å². The molecule has 0 aliphatic heterocycles. The van der Waals surface area contributed by atoms with Gasteiger partial charge in [0.15, 0.2) is 5.76 Å². The molecular formula is C11H11NO3. The summed E-state index contributed by atoms with van der Waals surface area (Å²) in [6.45, 7) is 1.79. The number of primary amides is 1. The second-order valence-corrected chi connectivity index (χ2v) is 3.25. The topological polar surface area (TPSA) is 65.5 Å². The standard InChI is InChI=1S/C11H11NO3/c1-6-9-7(14-2)4-3-5-8(9)15-10(6)11(12)13/h3-5H,1-2H3,(H2,12,13). The second-order valence-electron chi connectivity index (χ2n) is 3.25. The molecule has 0 unspecified atom stereocenters. The normalized spacial score (nSPS) is 10.5. The number of hydrogen-bond acceptors (Lipinski definition) is 3. The van der Waals surface area contributed by atoms with Crippen molar-refractivity contribution in [2.75, 3.05) is 7.11 Å². The molecule has 0 atom stereocenters. The van der Waals surface area contributed by atoms with E-state index >= 15 is 0 Å². The minimum absolute atomic E-state index is 0.189. The third kappa shape index (κ3) is 1.34. The quantitative estimate of drug-likeness (QED) is 0.813. The maximum atomic E-state index is 11.1. The van der Waals surface area contributed by atoms with Gasteiger partial charge in [0.1, 0.15) is 11.3 Å². The van der Waals surface area contributed by atoms with Crippen LogP contribution in [-0.4, -0.2) is 13.0 Å². The van der Waals surface area contributed by atoms with Gasteiger partial charge in [-0.15, -0.1) is 0 Å². The summed E-state index contributed by atoms with van der Waals surface area (Å²) in [5, 5.41) is 0.800. The summed E-state index contributed by atoms with van der Waals surface area (Å²) in [5.74, 6) is 0.307. The van der Waals surface area contributed by atoms with Crippen LogP contribution in [0.3, 0.4) is 0 Å². The first-order valence-corrected chi connectivity index (χ1v) is 4.51. The van der Waals surface area contributed by atoms with Crippen molar-refractivity contribution in [3.8, 4) is 5.75 Å². The lowest BCUT2D eigenvalue weighted by atomic mass is 10.1. The molecule has 2 N–H and O–H groups in total. The van der Waals surface area contributed by atoms with E-state index in [1.165, 1.54) is 0 Å². The maximum Gasteiger partial charge on any atom is 0.284 e. The number of carbonyl (C=O) groups is 1. The average molecular weight is 205 g/mol. The van der Waals surface area contributed by atoms with E-state index in [0.717, 1.165) is 10.9 Å². The van der Waals surface area contributed by atoms with Crippen molar-refractivity contribution < 1.29 is 13.9 Å². The Morgan fingerprint density at radius 1 is 1.47 bits per heavy atom. The molecule has 4 nitrogen and oxygen atoms in total. The van der Waals surface area contributed by atoms with Crippen molar-refractivity contribution in [1.29, 1.82) is 0 Å². The van der Waals surface area contributed by atoms with Gasteiger partial charge in [-0.2, -0.15) is 0 Å². The summed E-state index contributed by atoms with van der Waals surface area (Å²) in [5.41, 5.74) is 6.53. The van der Waals surface area contributed by atoms with Gasteiger partial charge in [0.2, 0.25) is 0 Å². The molecule has 15 heavy (non-hydrogen) atoms. The van der Waals surface area contributed by atoms with Crippen molar-refractivity contribution in [2.45, 2.75) is 6.92 Å². The molecule has 0 saturated carbocycles. The van der Waals surface area contributed by atoms with Crippen LogP contribution in [0.1, 0.15) is 16.1 Å². The molecule has 2 rings (SSSR count). The highest BCUT2D eigenvalue weighted by Crippen LogP contribution is 2.32. The predicted octanol–water partition coefficient (Wildman–Crippen LogP) is 1.85. The van der Waals surface area contributed by atoms with Crippen LogP contribution >= 0.6 is 0 Å². The number of nitrogens with two attached hydrogens (primary N) is 1. The fourth-order valence-electron chi connectivity index (χ4n) is 1.67. The number of aryl methyl sites for hydroxylation is 1. The number of furan rings is 1. The number of hydrogen-bond donors (Lipinski definition) is 1. The molecule has 4 heteroatoms. The number of benzene rings is 1. The first-order valence-electron chi connectivity index (χ1n) is 4.51. The highest BCUT2D eigenvalue weighted by atomic mass is 16.5. The zero-order valence-corrected chi connectivity index (χ0v) is 8.53. The zero-order chi connectivity index (χ0) is 11.0. The van der Waals surface area contributed by atoms with Crippen LogP contribution in [-0.2, 0) is 0 Å².